The summed E-state index contributed by atoms with van der Waals surface area (Å²) < 4.78 is 0. The molecule has 0 aliphatic heterocycles. The molecule has 0 aliphatic carbocycles. The van der Waals surface area contributed by atoms with E-state index in [1.165, 1.54) is 11.3 Å². The first kappa shape index (κ1) is 15.9. The van der Waals surface area contributed by atoms with Crippen molar-refractivity contribution in [3.8, 4) is 0 Å². The molecule has 102 valence electrons. The molecule has 1 rings (SSSR count). The Morgan fingerprint density at radius 3 is 2.39 bits per heavy atom. The van der Waals surface area contributed by atoms with Gasteiger partial charge in [-0.15, -0.1) is 0 Å². The van der Waals surface area contributed by atoms with Gasteiger partial charge in [-0.05, 0) is 56.7 Å². The number of nitrogens with one attached hydrogen (secondary N) is 1. The lowest BCUT2D eigenvalue weighted by atomic mass is 10.1. The van der Waals surface area contributed by atoms with Crippen LogP contribution in [0.5, 0.6) is 0 Å². The summed E-state index contributed by atoms with van der Waals surface area (Å²) >= 11 is 7.85. The highest BCUT2D eigenvalue weighted by Gasteiger charge is 2.10. The summed E-state index contributed by atoms with van der Waals surface area (Å²) in [5.41, 5.74) is 1.56. The van der Waals surface area contributed by atoms with Gasteiger partial charge >= 0.3 is 0 Å². The molecule has 1 N–H and O–H groups in total. The van der Waals surface area contributed by atoms with E-state index in [1.54, 1.807) is 0 Å². The van der Waals surface area contributed by atoms with Gasteiger partial charge in [0.1, 0.15) is 0 Å². The van der Waals surface area contributed by atoms with Gasteiger partial charge in [0.05, 0.1) is 0 Å². The van der Waals surface area contributed by atoms with Gasteiger partial charge in [0.15, 0.2) is 0 Å². The predicted molar refractivity (Wildman–Crippen MR) is 84.5 cm³/mol. The highest BCUT2D eigenvalue weighted by atomic mass is 35.5. The molecule has 0 heterocycles. The topological polar surface area (TPSA) is 12.0 Å². The van der Waals surface area contributed by atoms with Crippen molar-refractivity contribution >= 4 is 23.4 Å². The average molecular weight is 286 g/mol. The second-order valence-corrected chi connectivity index (χ2v) is 7.34. The lowest BCUT2D eigenvalue weighted by molar-refractivity contribution is 0.395. The maximum Gasteiger partial charge on any atom is 0.0406 e. The van der Waals surface area contributed by atoms with E-state index in [-0.39, 0.29) is 5.54 Å². The summed E-state index contributed by atoms with van der Waals surface area (Å²) in [5, 5.41) is 4.36. The van der Waals surface area contributed by atoms with Crippen molar-refractivity contribution < 1.29 is 0 Å². The minimum absolute atomic E-state index is 0.217. The number of benzene rings is 1. The molecule has 1 aromatic rings. The molecule has 0 fully saturated rings. The van der Waals surface area contributed by atoms with Crippen molar-refractivity contribution in [2.75, 3.05) is 12.3 Å². The molecular formula is C15H24ClNS. The predicted octanol–water partition coefficient (Wildman–Crippen LogP) is 4.60. The largest absolute Gasteiger partial charge is 0.312 e. The van der Waals surface area contributed by atoms with Crippen LogP contribution in [0.4, 0.5) is 0 Å². The zero-order valence-corrected chi connectivity index (χ0v) is 13.4. The first-order valence-corrected chi connectivity index (χ1v) is 7.97. The van der Waals surface area contributed by atoms with Crippen molar-refractivity contribution in [3.63, 3.8) is 0 Å². The van der Waals surface area contributed by atoms with Crippen LogP contribution in [0, 0.1) is 5.92 Å². The zero-order chi connectivity index (χ0) is 13.6. The van der Waals surface area contributed by atoms with Crippen molar-refractivity contribution in [1.29, 1.82) is 0 Å². The minimum Gasteiger partial charge on any atom is -0.312 e. The number of hydrogen-bond donors (Lipinski definition) is 1. The molecule has 1 atom stereocenters. The quantitative estimate of drug-likeness (QED) is 0.820. The Kier molecular flexibility index (Phi) is 6.54. The van der Waals surface area contributed by atoms with E-state index in [4.69, 9.17) is 11.6 Å². The molecule has 0 amide bonds. The van der Waals surface area contributed by atoms with Gasteiger partial charge in [-0.2, -0.15) is 11.8 Å². The van der Waals surface area contributed by atoms with Crippen LogP contribution in [-0.2, 0) is 5.75 Å². The van der Waals surface area contributed by atoms with E-state index >= 15 is 0 Å². The van der Waals surface area contributed by atoms with Crippen molar-refractivity contribution in [3.05, 3.63) is 34.9 Å². The molecule has 0 saturated heterocycles. The van der Waals surface area contributed by atoms with E-state index in [2.05, 4.69) is 45.1 Å². The summed E-state index contributed by atoms with van der Waals surface area (Å²) in [6, 6.07) is 8.13. The number of halogens is 1. The van der Waals surface area contributed by atoms with Crippen LogP contribution in [0.3, 0.4) is 0 Å². The summed E-state index contributed by atoms with van der Waals surface area (Å²) in [7, 11) is 0. The second-order valence-electron chi connectivity index (χ2n) is 5.88. The van der Waals surface area contributed by atoms with Gasteiger partial charge in [-0.1, -0.05) is 30.7 Å². The molecule has 0 spiro atoms. The Bertz CT molecular complexity index is 343. The molecule has 1 aromatic carbocycles. The summed E-state index contributed by atoms with van der Waals surface area (Å²) in [4.78, 5) is 0. The van der Waals surface area contributed by atoms with E-state index < -0.39 is 0 Å². The van der Waals surface area contributed by atoms with Crippen LogP contribution in [0.15, 0.2) is 24.3 Å². The van der Waals surface area contributed by atoms with Crippen LogP contribution in [0.2, 0.25) is 5.02 Å². The lowest BCUT2D eigenvalue weighted by Crippen LogP contribution is -2.39. The first-order valence-electron chi connectivity index (χ1n) is 6.44. The van der Waals surface area contributed by atoms with Gasteiger partial charge in [-0.3, -0.25) is 0 Å². The molecular weight excluding hydrogens is 262 g/mol. The summed E-state index contributed by atoms with van der Waals surface area (Å²) in [5.74, 6) is 2.95. The van der Waals surface area contributed by atoms with Crippen LogP contribution >= 0.6 is 23.4 Å². The first-order chi connectivity index (χ1) is 8.37. The minimum atomic E-state index is 0.217. The monoisotopic (exact) mass is 285 g/mol. The highest BCUT2D eigenvalue weighted by Crippen LogP contribution is 2.17. The average Bonchev–Trinajstić information content (AvgIpc) is 2.28. The third-order valence-electron chi connectivity index (χ3n) is 2.57. The molecule has 0 saturated carbocycles. The smallest absolute Gasteiger partial charge is 0.0406 e. The molecule has 0 aliphatic rings. The third kappa shape index (κ3) is 7.30. The van der Waals surface area contributed by atoms with Crippen molar-refractivity contribution in [2.24, 2.45) is 5.92 Å². The van der Waals surface area contributed by atoms with Gasteiger partial charge in [-0.25, -0.2) is 0 Å². The third-order valence-corrected chi connectivity index (χ3v) is 4.16. The standard InChI is InChI=1S/C15H24ClNS/c1-12(9-17-15(2,3)4)10-18-11-13-5-7-14(16)8-6-13/h5-8,12,17H,9-11H2,1-4H3. The van der Waals surface area contributed by atoms with Crippen LogP contribution in [-0.4, -0.2) is 17.8 Å². The fourth-order valence-corrected chi connectivity index (χ4v) is 2.69. The fourth-order valence-electron chi connectivity index (χ4n) is 1.50. The van der Waals surface area contributed by atoms with Crippen molar-refractivity contribution in [1.82, 2.24) is 5.32 Å². The second kappa shape index (κ2) is 7.42. The van der Waals surface area contributed by atoms with E-state index in [0.717, 1.165) is 17.3 Å². The lowest BCUT2D eigenvalue weighted by Gasteiger charge is -2.23. The molecule has 0 radical (unpaired) electrons. The van der Waals surface area contributed by atoms with E-state index in [9.17, 15) is 0 Å². The molecule has 1 unspecified atom stereocenters. The fraction of sp³-hybridized carbons (Fsp3) is 0.600. The molecule has 0 aromatic heterocycles. The molecule has 18 heavy (non-hydrogen) atoms. The molecule has 3 heteroatoms. The van der Waals surface area contributed by atoms with Gasteiger partial charge in [0.2, 0.25) is 0 Å². The van der Waals surface area contributed by atoms with E-state index in [0.29, 0.717) is 5.92 Å². The molecule has 1 nitrogen and oxygen atoms in total. The van der Waals surface area contributed by atoms with Crippen molar-refractivity contribution in [2.45, 2.75) is 39.0 Å². The number of rotatable bonds is 6. The maximum absolute atomic E-state index is 5.87. The number of hydrogen-bond acceptors (Lipinski definition) is 2. The Morgan fingerprint density at radius 2 is 1.83 bits per heavy atom. The maximum atomic E-state index is 5.87. The van der Waals surface area contributed by atoms with E-state index in [1.807, 2.05) is 23.9 Å². The van der Waals surface area contributed by atoms with Crippen LogP contribution < -0.4 is 5.32 Å². The zero-order valence-electron chi connectivity index (χ0n) is 11.8. The van der Waals surface area contributed by atoms with Gasteiger partial charge in [0.25, 0.3) is 0 Å². The normalized spacial score (nSPS) is 13.6. The highest BCUT2D eigenvalue weighted by molar-refractivity contribution is 7.98. The SMILES string of the molecule is CC(CNC(C)(C)C)CSCc1ccc(Cl)cc1. The van der Waals surface area contributed by atoms with Gasteiger partial charge < -0.3 is 5.32 Å². The summed E-state index contributed by atoms with van der Waals surface area (Å²) in [6.45, 7) is 10.0. The Morgan fingerprint density at radius 1 is 1.22 bits per heavy atom. The Hall–Kier alpha value is -0.180. The van der Waals surface area contributed by atoms with Gasteiger partial charge in [0, 0.05) is 16.3 Å². The molecule has 0 bridgehead atoms. The number of thioether (sulfide) groups is 1. The Balaban J connectivity index is 2.19. The van der Waals surface area contributed by atoms with Crippen LogP contribution in [0.1, 0.15) is 33.3 Å². The Labute approximate surface area is 121 Å². The van der Waals surface area contributed by atoms with Crippen LogP contribution in [0.25, 0.3) is 0 Å². The summed E-state index contributed by atoms with van der Waals surface area (Å²) in [6.07, 6.45) is 0.